The van der Waals surface area contributed by atoms with E-state index in [0.717, 1.165) is 28.0 Å². The Labute approximate surface area is 204 Å². The number of aryl methyl sites for hydroxylation is 1. The molecule has 0 aliphatic rings. The highest BCUT2D eigenvalue weighted by Gasteiger charge is 2.22. The first-order valence-electron chi connectivity index (χ1n) is 11.1. The maximum Gasteiger partial charge on any atom is 0.231 e. The van der Waals surface area contributed by atoms with Gasteiger partial charge in [-0.05, 0) is 41.3 Å². The minimum Gasteiger partial charge on any atom is -0.497 e. The van der Waals surface area contributed by atoms with E-state index in [1.807, 2.05) is 52.8 Å². The van der Waals surface area contributed by atoms with Crippen LogP contribution in [0.5, 0.6) is 5.75 Å². The van der Waals surface area contributed by atoms with Crippen molar-refractivity contribution >= 4 is 17.7 Å². The zero-order valence-electron chi connectivity index (χ0n) is 19.8. The van der Waals surface area contributed by atoms with Gasteiger partial charge in [0.25, 0.3) is 0 Å². The highest BCUT2D eigenvalue weighted by molar-refractivity contribution is 7.99. The molecule has 1 atom stereocenters. The number of thioether (sulfide) groups is 1. The second kappa shape index (κ2) is 10.6. The number of nitrogens with one attached hydrogen (secondary N) is 1. The molecule has 2 heterocycles. The molecular formula is C26H29N5O2S. The second-order valence-corrected chi connectivity index (χ2v) is 9.23. The fourth-order valence-electron chi connectivity index (χ4n) is 3.72. The van der Waals surface area contributed by atoms with E-state index in [-0.39, 0.29) is 11.7 Å². The summed E-state index contributed by atoms with van der Waals surface area (Å²) in [5.74, 6) is 2.08. The fourth-order valence-corrected chi connectivity index (χ4v) is 4.50. The van der Waals surface area contributed by atoms with Gasteiger partial charge in [-0.3, -0.25) is 9.36 Å². The van der Waals surface area contributed by atoms with Gasteiger partial charge in [0.15, 0.2) is 5.16 Å². The molecule has 7 nitrogen and oxygen atoms in total. The van der Waals surface area contributed by atoms with E-state index in [2.05, 4.69) is 53.4 Å². The average molecular weight is 476 g/mol. The summed E-state index contributed by atoms with van der Waals surface area (Å²) < 4.78 is 9.28. The lowest BCUT2D eigenvalue weighted by atomic mass is 10.0. The van der Waals surface area contributed by atoms with Gasteiger partial charge in [0.1, 0.15) is 17.6 Å². The van der Waals surface area contributed by atoms with Gasteiger partial charge >= 0.3 is 0 Å². The fraction of sp³-hybridized carbons (Fsp3) is 0.269. The van der Waals surface area contributed by atoms with Crippen LogP contribution in [0.3, 0.4) is 0 Å². The number of hydrogen-bond donors (Lipinski definition) is 1. The van der Waals surface area contributed by atoms with Gasteiger partial charge in [0, 0.05) is 37.5 Å². The maximum absolute atomic E-state index is 13.0. The third-order valence-electron chi connectivity index (χ3n) is 5.63. The molecule has 4 aromatic rings. The molecule has 0 bridgehead atoms. The molecule has 34 heavy (non-hydrogen) atoms. The smallest absolute Gasteiger partial charge is 0.231 e. The Morgan fingerprint density at radius 3 is 2.50 bits per heavy atom. The van der Waals surface area contributed by atoms with E-state index in [0.29, 0.717) is 5.92 Å². The molecule has 0 fully saturated rings. The molecule has 2 aromatic carbocycles. The Bertz CT molecular complexity index is 1250. The Kier molecular flexibility index (Phi) is 7.37. The molecule has 0 aliphatic carbocycles. The van der Waals surface area contributed by atoms with E-state index in [4.69, 9.17) is 4.74 Å². The molecule has 176 valence electrons. The van der Waals surface area contributed by atoms with Crippen LogP contribution in [0, 0.1) is 0 Å². The second-order valence-electron chi connectivity index (χ2n) is 8.29. The molecule has 1 amide bonds. The first-order chi connectivity index (χ1) is 16.5. The summed E-state index contributed by atoms with van der Waals surface area (Å²) in [6, 6.07) is 15.7. The van der Waals surface area contributed by atoms with Crippen LogP contribution in [-0.2, 0) is 11.8 Å². The van der Waals surface area contributed by atoms with Crippen LogP contribution in [0.25, 0.3) is 5.69 Å². The van der Waals surface area contributed by atoms with Crippen LogP contribution in [-0.4, -0.2) is 37.9 Å². The number of ether oxygens (including phenoxy) is 1. The largest absolute Gasteiger partial charge is 0.497 e. The maximum atomic E-state index is 13.0. The molecule has 2 aromatic heterocycles. The van der Waals surface area contributed by atoms with E-state index in [1.165, 1.54) is 17.3 Å². The van der Waals surface area contributed by atoms with Crippen LogP contribution < -0.4 is 10.1 Å². The van der Waals surface area contributed by atoms with Crippen LogP contribution in [0.15, 0.2) is 78.5 Å². The summed E-state index contributed by atoms with van der Waals surface area (Å²) in [7, 11) is 3.54. The van der Waals surface area contributed by atoms with E-state index < -0.39 is 6.04 Å². The number of hydrogen-bond acceptors (Lipinski definition) is 5. The number of imidazole rings is 2. The molecule has 0 unspecified atom stereocenters. The number of carbonyl (C=O) groups is 1. The van der Waals surface area contributed by atoms with Gasteiger partial charge in [-0.2, -0.15) is 0 Å². The summed E-state index contributed by atoms with van der Waals surface area (Å²) in [6.07, 6.45) is 7.26. The van der Waals surface area contributed by atoms with Gasteiger partial charge in [0.05, 0.1) is 12.9 Å². The van der Waals surface area contributed by atoms with Gasteiger partial charge in [-0.25, -0.2) is 9.97 Å². The predicted molar refractivity (Wildman–Crippen MR) is 135 cm³/mol. The molecule has 0 spiro atoms. The van der Waals surface area contributed by atoms with Gasteiger partial charge in [0.2, 0.25) is 5.91 Å². The molecule has 0 aliphatic heterocycles. The summed E-state index contributed by atoms with van der Waals surface area (Å²) in [5, 5.41) is 3.90. The minimum atomic E-state index is -0.397. The standard InChI is InChI=1S/C26H29N5O2S/c1-18(2)19-8-10-21(11-9-19)31-15-13-28-26(31)34-17-23(32)29-24(25-27-12-14-30(25)3)20-6-5-7-22(16-20)33-4/h5-16,18,24H,17H2,1-4H3,(H,29,32)/t24-/m0/s1. The van der Waals surface area contributed by atoms with Crippen molar-refractivity contribution in [3.05, 3.63) is 90.3 Å². The van der Waals surface area contributed by atoms with Crippen molar-refractivity contribution in [2.45, 2.75) is 31.0 Å². The van der Waals surface area contributed by atoms with Crippen molar-refractivity contribution in [1.29, 1.82) is 0 Å². The Morgan fingerprint density at radius 2 is 1.82 bits per heavy atom. The molecule has 0 saturated heterocycles. The number of amides is 1. The SMILES string of the molecule is COc1cccc([C@H](NC(=O)CSc2nccn2-c2ccc(C(C)C)cc2)c2nccn2C)c1. The lowest BCUT2D eigenvalue weighted by Crippen LogP contribution is -2.32. The number of methoxy groups -OCH3 is 1. The van der Waals surface area contributed by atoms with Crippen molar-refractivity contribution in [3.63, 3.8) is 0 Å². The monoisotopic (exact) mass is 475 g/mol. The van der Waals surface area contributed by atoms with Crippen LogP contribution >= 0.6 is 11.8 Å². The van der Waals surface area contributed by atoms with Crippen molar-refractivity contribution in [1.82, 2.24) is 24.4 Å². The Hall–Kier alpha value is -3.52. The lowest BCUT2D eigenvalue weighted by Gasteiger charge is -2.19. The zero-order valence-corrected chi connectivity index (χ0v) is 20.6. The third-order valence-corrected chi connectivity index (χ3v) is 6.59. The van der Waals surface area contributed by atoms with Crippen molar-refractivity contribution < 1.29 is 9.53 Å². The molecular weight excluding hydrogens is 446 g/mol. The summed E-state index contributed by atoms with van der Waals surface area (Å²) in [6.45, 7) is 4.35. The predicted octanol–water partition coefficient (Wildman–Crippen LogP) is 4.74. The van der Waals surface area contributed by atoms with Gasteiger partial charge < -0.3 is 14.6 Å². The molecule has 0 saturated carbocycles. The normalized spacial score (nSPS) is 12.0. The number of benzene rings is 2. The van der Waals surface area contributed by atoms with Crippen LogP contribution in [0.2, 0.25) is 0 Å². The number of carbonyl (C=O) groups excluding carboxylic acids is 1. The lowest BCUT2D eigenvalue weighted by molar-refractivity contribution is -0.119. The first-order valence-corrected chi connectivity index (χ1v) is 12.1. The number of rotatable bonds is 9. The molecule has 8 heteroatoms. The van der Waals surface area contributed by atoms with Crippen molar-refractivity contribution in [2.24, 2.45) is 7.05 Å². The molecule has 4 rings (SSSR count). The Morgan fingerprint density at radius 1 is 1.06 bits per heavy atom. The molecule has 0 radical (unpaired) electrons. The summed E-state index contributed by atoms with van der Waals surface area (Å²) >= 11 is 1.40. The number of aromatic nitrogens is 4. The van der Waals surface area contributed by atoms with E-state index >= 15 is 0 Å². The summed E-state index contributed by atoms with van der Waals surface area (Å²) in [5.41, 5.74) is 3.21. The van der Waals surface area contributed by atoms with Gasteiger partial charge in [-0.1, -0.05) is 49.9 Å². The van der Waals surface area contributed by atoms with Crippen LogP contribution in [0.1, 0.15) is 42.8 Å². The van der Waals surface area contributed by atoms with E-state index in [1.54, 1.807) is 19.5 Å². The highest BCUT2D eigenvalue weighted by atomic mass is 32.2. The Balaban J connectivity index is 1.48. The van der Waals surface area contributed by atoms with Crippen LogP contribution in [0.4, 0.5) is 0 Å². The first kappa shape index (κ1) is 23.6. The van der Waals surface area contributed by atoms with Crippen molar-refractivity contribution in [3.8, 4) is 11.4 Å². The minimum absolute atomic E-state index is 0.106. The number of nitrogens with zero attached hydrogens (tertiary/aromatic N) is 4. The zero-order chi connectivity index (χ0) is 24.1. The topological polar surface area (TPSA) is 74.0 Å². The molecule has 1 N–H and O–H groups in total. The highest BCUT2D eigenvalue weighted by Crippen LogP contribution is 2.26. The third kappa shape index (κ3) is 5.34. The average Bonchev–Trinajstić information content (AvgIpc) is 3.50. The van der Waals surface area contributed by atoms with Gasteiger partial charge in [-0.15, -0.1) is 0 Å². The van der Waals surface area contributed by atoms with Crippen molar-refractivity contribution in [2.75, 3.05) is 12.9 Å². The quantitative estimate of drug-likeness (QED) is 0.354. The summed E-state index contributed by atoms with van der Waals surface area (Å²) in [4.78, 5) is 21.9. The van der Waals surface area contributed by atoms with E-state index in [9.17, 15) is 4.79 Å².